The minimum Gasteiger partial charge on any atom is -0.440 e. The van der Waals surface area contributed by atoms with E-state index in [2.05, 4.69) is 20.8 Å². The Bertz CT molecular complexity index is 998. The van der Waals surface area contributed by atoms with Crippen molar-refractivity contribution in [3.05, 3.63) is 77.6 Å². The molecule has 0 saturated carbocycles. The summed E-state index contributed by atoms with van der Waals surface area (Å²) in [5.41, 5.74) is 1.21. The third-order valence-corrected chi connectivity index (χ3v) is 3.98. The highest BCUT2D eigenvalue weighted by atomic mass is 16.5. The maximum atomic E-state index is 12.7. The van der Waals surface area contributed by atoms with E-state index in [0.29, 0.717) is 12.1 Å². The van der Waals surface area contributed by atoms with Gasteiger partial charge in [0.15, 0.2) is 0 Å². The quantitative estimate of drug-likeness (QED) is 0.458. The maximum absolute atomic E-state index is 12.7. The fourth-order valence-electron chi connectivity index (χ4n) is 2.58. The van der Waals surface area contributed by atoms with Gasteiger partial charge < -0.3 is 10.1 Å². The van der Waals surface area contributed by atoms with E-state index in [0.717, 1.165) is 5.56 Å². The van der Waals surface area contributed by atoms with Crippen LogP contribution in [0.5, 0.6) is 0 Å². The molecule has 0 bridgehead atoms. The largest absolute Gasteiger partial charge is 0.440 e. The molecule has 1 atom stereocenters. The van der Waals surface area contributed by atoms with Crippen molar-refractivity contribution >= 4 is 11.9 Å². The van der Waals surface area contributed by atoms with Gasteiger partial charge in [0.1, 0.15) is 0 Å². The van der Waals surface area contributed by atoms with Gasteiger partial charge in [0.05, 0.1) is 24.6 Å². The first-order valence-electron chi connectivity index (χ1n) is 8.89. The Balaban J connectivity index is 1.85. The summed E-state index contributed by atoms with van der Waals surface area (Å²) in [5, 5.41) is 22.7. The molecule has 0 aliphatic heterocycles. The van der Waals surface area contributed by atoms with Crippen LogP contribution in [-0.4, -0.2) is 38.6 Å². The van der Waals surface area contributed by atoms with Crippen molar-refractivity contribution in [1.82, 2.24) is 25.5 Å². The highest BCUT2D eigenvalue weighted by Gasteiger charge is 2.31. The minimum absolute atomic E-state index is 0.0904. The predicted molar refractivity (Wildman–Crippen MR) is 101 cm³/mol. The van der Waals surface area contributed by atoms with Crippen LogP contribution in [0.4, 0.5) is 0 Å². The van der Waals surface area contributed by atoms with Crippen LogP contribution in [-0.2, 0) is 16.1 Å². The normalized spacial score (nSPS) is 11.3. The second kappa shape index (κ2) is 9.75. The molecule has 0 aliphatic rings. The van der Waals surface area contributed by atoms with Crippen LogP contribution < -0.4 is 5.32 Å². The van der Waals surface area contributed by atoms with E-state index in [4.69, 9.17) is 10.00 Å². The van der Waals surface area contributed by atoms with E-state index < -0.39 is 18.0 Å². The predicted octanol–water partition coefficient (Wildman–Crippen LogP) is 1.65. The second-order valence-electron chi connectivity index (χ2n) is 6.03. The monoisotopic (exact) mass is 390 g/mol. The Kier molecular flexibility index (Phi) is 6.62. The van der Waals surface area contributed by atoms with E-state index in [9.17, 15) is 9.59 Å². The summed E-state index contributed by atoms with van der Waals surface area (Å²) in [6, 6.07) is 19.7. The molecule has 0 saturated heterocycles. The number of carbonyl (C=O) groups is 2. The number of rotatable bonds is 8. The fraction of sp³-hybridized carbons (Fsp3) is 0.200. The molecule has 29 heavy (non-hydrogen) atoms. The molecule has 3 aromatic rings. The Morgan fingerprint density at radius 3 is 2.48 bits per heavy atom. The van der Waals surface area contributed by atoms with Crippen molar-refractivity contribution in [2.75, 3.05) is 6.54 Å². The molecular weight excluding hydrogens is 372 g/mol. The maximum Gasteiger partial charge on any atom is 0.339 e. The summed E-state index contributed by atoms with van der Waals surface area (Å²) in [6.45, 7) is 0.420. The number of tetrazole rings is 1. The second-order valence-corrected chi connectivity index (χ2v) is 6.03. The number of nitrogens with zero attached hydrogens (tertiary/aromatic N) is 5. The van der Waals surface area contributed by atoms with Gasteiger partial charge in [0.25, 0.3) is 5.91 Å². The van der Waals surface area contributed by atoms with Gasteiger partial charge in [0.2, 0.25) is 11.9 Å². The SMILES string of the molecule is N#CCCNC(=O)C(OC(=O)c1ccccc1)c1nnnn1Cc1ccccc1. The highest BCUT2D eigenvalue weighted by Crippen LogP contribution is 2.18. The number of hydrogen-bond donors (Lipinski definition) is 1. The molecule has 0 radical (unpaired) electrons. The number of aromatic nitrogens is 4. The molecular formula is C20H18N6O3. The lowest BCUT2D eigenvalue weighted by molar-refractivity contribution is -0.130. The number of nitriles is 1. The van der Waals surface area contributed by atoms with Crippen LogP contribution in [0.1, 0.15) is 34.3 Å². The van der Waals surface area contributed by atoms with Gasteiger partial charge >= 0.3 is 5.97 Å². The zero-order valence-electron chi connectivity index (χ0n) is 15.4. The van der Waals surface area contributed by atoms with Crippen LogP contribution >= 0.6 is 0 Å². The number of amides is 1. The van der Waals surface area contributed by atoms with Gasteiger partial charge in [-0.2, -0.15) is 5.26 Å². The lowest BCUT2D eigenvalue weighted by Crippen LogP contribution is -2.34. The van der Waals surface area contributed by atoms with Gasteiger partial charge in [-0.15, -0.1) is 5.10 Å². The molecule has 2 aromatic carbocycles. The smallest absolute Gasteiger partial charge is 0.339 e. The molecule has 3 rings (SSSR count). The molecule has 1 aromatic heterocycles. The van der Waals surface area contributed by atoms with Crippen molar-refractivity contribution in [1.29, 1.82) is 5.26 Å². The molecule has 0 fully saturated rings. The minimum atomic E-state index is -1.36. The first kappa shape index (κ1) is 19.7. The topological polar surface area (TPSA) is 123 Å². The summed E-state index contributed by atoms with van der Waals surface area (Å²) in [5.74, 6) is -1.19. The molecule has 0 aliphatic carbocycles. The zero-order valence-corrected chi connectivity index (χ0v) is 15.4. The van der Waals surface area contributed by atoms with Crippen molar-refractivity contribution in [3.8, 4) is 6.07 Å². The lowest BCUT2D eigenvalue weighted by atomic mass is 10.2. The standard InChI is InChI=1S/C20H18N6O3/c21-12-7-13-22-19(27)17(29-20(28)16-10-5-2-6-11-16)18-23-24-25-26(18)14-15-8-3-1-4-9-15/h1-6,8-11,17H,7,13-14H2,(H,22,27). The number of hydrogen-bond acceptors (Lipinski definition) is 7. The average molecular weight is 390 g/mol. The van der Waals surface area contributed by atoms with Crippen molar-refractivity contribution in [2.24, 2.45) is 0 Å². The van der Waals surface area contributed by atoms with Crippen molar-refractivity contribution in [3.63, 3.8) is 0 Å². The van der Waals surface area contributed by atoms with Crippen LogP contribution in [0.2, 0.25) is 0 Å². The first-order valence-corrected chi connectivity index (χ1v) is 8.89. The molecule has 1 unspecified atom stereocenters. The van der Waals surface area contributed by atoms with E-state index in [1.165, 1.54) is 4.68 Å². The van der Waals surface area contributed by atoms with E-state index in [-0.39, 0.29) is 18.8 Å². The van der Waals surface area contributed by atoms with Crippen molar-refractivity contribution < 1.29 is 14.3 Å². The van der Waals surface area contributed by atoms with Gasteiger partial charge in [-0.05, 0) is 28.1 Å². The summed E-state index contributed by atoms with van der Waals surface area (Å²) >= 11 is 0. The Morgan fingerprint density at radius 2 is 1.79 bits per heavy atom. The molecule has 1 N–H and O–H groups in total. The van der Waals surface area contributed by atoms with Crippen LogP contribution in [0.3, 0.4) is 0 Å². The van der Waals surface area contributed by atoms with Crippen LogP contribution in [0.15, 0.2) is 60.7 Å². The molecule has 1 heterocycles. The number of benzene rings is 2. The number of esters is 1. The fourth-order valence-corrected chi connectivity index (χ4v) is 2.58. The van der Waals surface area contributed by atoms with Gasteiger partial charge in [-0.25, -0.2) is 9.48 Å². The van der Waals surface area contributed by atoms with E-state index in [1.807, 2.05) is 36.4 Å². The van der Waals surface area contributed by atoms with Crippen molar-refractivity contribution in [2.45, 2.75) is 19.1 Å². The Hall–Kier alpha value is -4.06. The van der Waals surface area contributed by atoms with Gasteiger partial charge in [-0.3, -0.25) is 4.79 Å². The molecule has 1 amide bonds. The third-order valence-electron chi connectivity index (χ3n) is 3.98. The lowest BCUT2D eigenvalue weighted by Gasteiger charge is -2.17. The summed E-state index contributed by atoms with van der Waals surface area (Å²) in [7, 11) is 0. The first-order chi connectivity index (χ1) is 14.2. The van der Waals surface area contributed by atoms with Crippen LogP contribution in [0, 0.1) is 11.3 Å². The third kappa shape index (κ3) is 5.23. The van der Waals surface area contributed by atoms with Gasteiger partial charge in [0, 0.05) is 6.54 Å². The van der Waals surface area contributed by atoms with Crippen LogP contribution in [0.25, 0.3) is 0 Å². The Morgan fingerprint density at radius 1 is 1.10 bits per heavy atom. The zero-order chi connectivity index (χ0) is 20.5. The number of carbonyl (C=O) groups excluding carboxylic acids is 2. The molecule has 9 nitrogen and oxygen atoms in total. The van der Waals surface area contributed by atoms with E-state index >= 15 is 0 Å². The van der Waals surface area contributed by atoms with E-state index in [1.54, 1.807) is 30.3 Å². The number of ether oxygens (including phenoxy) is 1. The van der Waals surface area contributed by atoms with Gasteiger partial charge in [-0.1, -0.05) is 48.5 Å². The average Bonchev–Trinajstić information content (AvgIpc) is 3.21. The summed E-state index contributed by atoms with van der Waals surface area (Å²) in [4.78, 5) is 25.2. The summed E-state index contributed by atoms with van der Waals surface area (Å²) < 4.78 is 6.86. The highest BCUT2D eigenvalue weighted by molar-refractivity contribution is 5.92. The molecule has 9 heteroatoms. The Labute approximate surface area is 166 Å². The molecule has 0 spiro atoms. The summed E-state index contributed by atoms with van der Waals surface area (Å²) in [6.07, 6.45) is -1.24. The molecule has 146 valence electrons. The number of nitrogens with one attached hydrogen (secondary N) is 1.